The Morgan fingerprint density at radius 1 is 1.19 bits per heavy atom. The van der Waals surface area contributed by atoms with Gasteiger partial charge >= 0.3 is 0 Å². The van der Waals surface area contributed by atoms with E-state index in [0.29, 0.717) is 0 Å². The van der Waals surface area contributed by atoms with E-state index < -0.39 is 0 Å². The third-order valence-electron chi connectivity index (χ3n) is 2.30. The van der Waals surface area contributed by atoms with Crippen LogP contribution in [0.2, 0.25) is 0 Å². The molecule has 0 fully saturated rings. The Balaban J connectivity index is 2.50. The lowest BCUT2D eigenvalue weighted by molar-refractivity contribution is 0.400. The van der Waals surface area contributed by atoms with E-state index in [1.807, 2.05) is 0 Å². The van der Waals surface area contributed by atoms with Gasteiger partial charge in [0.25, 0.3) is 0 Å². The van der Waals surface area contributed by atoms with E-state index >= 15 is 0 Å². The van der Waals surface area contributed by atoms with E-state index in [9.17, 15) is 0 Å². The summed E-state index contributed by atoms with van der Waals surface area (Å²) in [7, 11) is 4.18. The van der Waals surface area contributed by atoms with Crippen LogP contribution in [0, 0.1) is 0 Å². The molecule has 1 rings (SSSR count). The molecule has 1 aromatic heterocycles. The molecule has 0 unspecified atom stereocenters. The zero-order chi connectivity index (χ0) is 12.0. The van der Waals surface area contributed by atoms with Gasteiger partial charge in [-0.1, -0.05) is 0 Å². The van der Waals surface area contributed by atoms with Gasteiger partial charge in [0.1, 0.15) is 0 Å². The Bertz CT molecular complexity index is 299. The van der Waals surface area contributed by atoms with Crippen molar-refractivity contribution in [2.75, 3.05) is 38.6 Å². The summed E-state index contributed by atoms with van der Waals surface area (Å²) in [6, 6.07) is 0. The maximum atomic E-state index is 4.30. The third kappa shape index (κ3) is 4.45. The van der Waals surface area contributed by atoms with Gasteiger partial charge in [0.15, 0.2) is 0 Å². The molecule has 0 radical (unpaired) electrons. The van der Waals surface area contributed by atoms with Crippen molar-refractivity contribution in [2.24, 2.45) is 0 Å². The summed E-state index contributed by atoms with van der Waals surface area (Å²) in [6.45, 7) is 5.15. The summed E-state index contributed by atoms with van der Waals surface area (Å²) in [5, 5.41) is 0. The van der Waals surface area contributed by atoms with Crippen molar-refractivity contribution in [3.05, 3.63) is 16.9 Å². The van der Waals surface area contributed by atoms with Gasteiger partial charge in [-0.2, -0.15) is 0 Å². The maximum Gasteiger partial charge on any atom is 0.225 e. The number of nitrogens with zero attached hydrogens (tertiary/aromatic N) is 4. The van der Waals surface area contributed by atoms with Crippen molar-refractivity contribution in [1.29, 1.82) is 0 Å². The highest BCUT2D eigenvalue weighted by Gasteiger charge is 2.06. The molecule has 0 aliphatic heterocycles. The van der Waals surface area contributed by atoms with Gasteiger partial charge in [0, 0.05) is 25.5 Å². The van der Waals surface area contributed by atoms with E-state index in [4.69, 9.17) is 0 Å². The van der Waals surface area contributed by atoms with Crippen LogP contribution in [0.15, 0.2) is 16.9 Å². The highest BCUT2D eigenvalue weighted by atomic mass is 79.9. The van der Waals surface area contributed by atoms with Crippen molar-refractivity contribution < 1.29 is 0 Å². The molecule has 1 heterocycles. The first-order valence-corrected chi connectivity index (χ1v) is 6.30. The predicted molar refractivity (Wildman–Crippen MR) is 70.8 cm³/mol. The molecule has 90 valence electrons. The Morgan fingerprint density at radius 2 is 1.81 bits per heavy atom. The average Bonchev–Trinajstić information content (AvgIpc) is 2.26. The van der Waals surface area contributed by atoms with Gasteiger partial charge in [-0.3, -0.25) is 0 Å². The van der Waals surface area contributed by atoms with Gasteiger partial charge in [-0.15, -0.1) is 0 Å². The highest BCUT2D eigenvalue weighted by Crippen LogP contribution is 2.11. The fourth-order valence-corrected chi connectivity index (χ4v) is 1.65. The monoisotopic (exact) mass is 286 g/mol. The summed E-state index contributed by atoms with van der Waals surface area (Å²) < 4.78 is 0.917. The summed E-state index contributed by atoms with van der Waals surface area (Å²) in [5.74, 6) is 0.810. The highest BCUT2D eigenvalue weighted by molar-refractivity contribution is 9.10. The van der Waals surface area contributed by atoms with E-state index in [-0.39, 0.29) is 0 Å². The lowest BCUT2D eigenvalue weighted by atomic mass is 10.3. The van der Waals surface area contributed by atoms with E-state index in [0.717, 1.165) is 36.5 Å². The average molecular weight is 287 g/mol. The van der Waals surface area contributed by atoms with Crippen LogP contribution in [0.3, 0.4) is 0 Å². The molecule has 0 amide bonds. The minimum Gasteiger partial charge on any atom is -0.341 e. The fraction of sp³-hybridized carbons (Fsp3) is 0.636. The molecule has 0 saturated heterocycles. The molecule has 5 heteroatoms. The quantitative estimate of drug-likeness (QED) is 0.801. The van der Waals surface area contributed by atoms with Crippen molar-refractivity contribution in [1.82, 2.24) is 14.9 Å². The molecule has 4 nitrogen and oxygen atoms in total. The third-order valence-corrected chi connectivity index (χ3v) is 2.71. The lowest BCUT2D eigenvalue weighted by Crippen LogP contribution is -2.28. The maximum absolute atomic E-state index is 4.30. The van der Waals surface area contributed by atoms with Gasteiger partial charge < -0.3 is 9.80 Å². The van der Waals surface area contributed by atoms with Crippen molar-refractivity contribution in [3.63, 3.8) is 0 Å². The molecule has 1 aromatic rings. The molecule has 16 heavy (non-hydrogen) atoms. The summed E-state index contributed by atoms with van der Waals surface area (Å²) in [5.41, 5.74) is 0. The van der Waals surface area contributed by atoms with Crippen LogP contribution in [0.25, 0.3) is 0 Å². The van der Waals surface area contributed by atoms with Gasteiger partial charge in [0.05, 0.1) is 4.47 Å². The van der Waals surface area contributed by atoms with Crippen LogP contribution in [0.1, 0.15) is 13.3 Å². The number of rotatable bonds is 6. The number of aromatic nitrogens is 2. The molecule has 0 saturated carbocycles. The standard InChI is InChI=1S/C11H19BrN4/c1-4-16(7-5-6-15(2)3)11-13-8-10(12)9-14-11/h8-9H,4-7H2,1-3H3. The predicted octanol–water partition coefficient (Wildman–Crippen LogP) is 2.02. The molecule has 0 aliphatic rings. The minimum absolute atomic E-state index is 0.810. The van der Waals surface area contributed by atoms with E-state index in [2.05, 4.69) is 56.7 Å². The second-order valence-corrected chi connectivity index (χ2v) is 4.85. The van der Waals surface area contributed by atoms with Crippen LogP contribution in [0.4, 0.5) is 5.95 Å². The zero-order valence-electron chi connectivity index (χ0n) is 10.1. The largest absolute Gasteiger partial charge is 0.341 e. The normalized spacial score (nSPS) is 10.8. The summed E-state index contributed by atoms with van der Waals surface area (Å²) in [4.78, 5) is 13.0. The van der Waals surface area contributed by atoms with Crippen LogP contribution < -0.4 is 4.90 Å². The number of anilines is 1. The molecule has 0 aliphatic carbocycles. The molecule has 0 atom stereocenters. The fourth-order valence-electron chi connectivity index (χ4n) is 1.45. The topological polar surface area (TPSA) is 32.3 Å². The van der Waals surface area contributed by atoms with E-state index in [1.165, 1.54) is 0 Å². The van der Waals surface area contributed by atoms with Crippen molar-refractivity contribution >= 4 is 21.9 Å². The minimum atomic E-state index is 0.810. The van der Waals surface area contributed by atoms with Gasteiger partial charge in [0.2, 0.25) is 5.95 Å². The number of hydrogen-bond acceptors (Lipinski definition) is 4. The molecule has 0 spiro atoms. The van der Waals surface area contributed by atoms with Crippen molar-refractivity contribution in [2.45, 2.75) is 13.3 Å². The molecule has 0 bridgehead atoms. The Hall–Kier alpha value is -0.680. The zero-order valence-corrected chi connectivity index (χ0v) is 11.7. The lowest BCUT2D eigenvalue weighted by Gasteiger charge is -2.21. The second-order valence-electron chi connectivity index (χ2n) is 3.94. The van der Waals surface area contributed by atoms with Crippen LogP contribution >= 0.6 is 15.9 Å². The number of hydrogen-bond donors (Lipinski definition) is 0. The smallest absolute Gasteiger partial charge is 0.225 e. The molecular weight excluding hydrogens is 268 g/mol. The van der Waals surface area contributed by atoms with Crippen LogP contribution in [-0.4, -0.2) is 48.6 Å². The Labute approximate surface area is 106 Å². The second kappa shape index (κ2) is 6.81. The first-order valence-electron chi connectivity index (χ1n) is 5.50. The van der Waals surface area contributed by atoms with Crippen LogP contribution in [-0.2, 0) is 0 Å². The molecule has 0 aromatic carbocycles. The SMILES string of the molecule is CCN(CCCN(C)C)c1ncc(Br)cn1. The summed E-state index contributed by atoms with van der Waals surface area (Å²) in [6.07, 6.45) is 4.70. The molecule has 0 N–H and O–H groups in total. The van der Waals surface area contributed by atoms with Gasteiger partial charge in [-0.25, -0.2) is 9.97 Å². The van der Waals surface area contributed by atoms with E-state index in [1.54, 1.807) is 12.4 Å². The van der Waals surface area contributed by atoms with Gasteiger partial charge in [-0.05, 0) is 49.9 Å². The van der Waals surface area contributed by atoms with Crippen LogP contribution in [0.5, 0.6) is 0 Å². The summed E-state index contributed by atoms with van der Waals surface area (Å²) >= 11 is 3.34. The Kier molecular flexibility index (Phi) is 5.69. The Morgan fingerprint density at radius 3 is 2.31 bits per heavy atom. The first kappa shape index (κ1) is 13.4. The van der Waals surface area contributed by atoms with Crippen molar-refractivity contribution in [3.8, 4) is 0 Å². The molecular formula is C11H19BrN4. The number of halogens is 1. The first-order chi connectivity index (χ1) is 7.63.